The van der Waals surface area contributed by atoms with Crippen molar-refractivity contribution in [3.8, 4) is 5.75 Å². The van der Waals surface area contributed by atoms with Crippen LogP contribution in [0.4, 0.5) is 0 Å². The van der Waals surface area contributed by atoms with Crippen molar-refractivity contribution in [3.05, 3.63) is 59.9 Å². The first-order valence-corrected chi connectivity index (χ1v) is 9.04. The number of thioether (sulfide) groups is 1. The number of aromatic nitrogens is 1. The van der Waals surface area contributed by atoms with Crippen molar-refractivity contribution in [2.45, 2.75) is 11.7 Å². The predicted octanol–water partition coefficient (Wildman–Crippen LogP) is 2.72. The average molecular weight is 343 g/mol. The molecule has 1 fully saturated rings. The van der Waals surface area contributed by atoms with Crippen LogP contribution in [0, 0.1) is 0 Å². The zero-order chi connectivity index (χ0) is 16.5. The molecule has 1 aliphatic heterocycles. The number of pyridine rings is 1. The van der Waals surface area contributed by atoms with Gasteiger partial charge in [0.15, 0.2) is 6.61 Å². The molecule has 0 spiro atoms. The number of oxime groups is 1. The van der Waals surface area contributed by atoms with Crippen molar-refractivity contribution < 1.29 is 9.57 Å². The van der Waals surface area contributed by atoms with Gasteiger partial charge in [-0.2, -0.15) is 0 Å². The van der Waals surface area contributed by atoms with Crippen molar-refractivity contribution in [1.29, 1.82) is 0 Å². The van der Waals surface area contributed by atoms with Crippen LogP contribution in [0.5, 0.6) is 5.75 Å². The largest absolute Gasteiger partial charge is 0.490 e. The van der Waals surface area contributed by atoms with Gasteiger partial charge in [-0.05, 0) is 30.2 Å². The van der Waals surface area contributed by atoms with Gasteiger partial charge in [0.2, 0.25) is 0 Å². The summed E-state index contributed by atoms with van der Waals surface area (Å²) in [6.45, 7) is 1.97. The van der Waals surface area contributed by atoms with Gasteiger partial charge in [-0.15, -0.1) is 11.8 Å². The zero-order valence-corrected chi connectivity index (χ0v) is 14.2. The Morgan fingerprint density at radius 3 is 2.92 bits per heavy atom. The third-order valence-corrected chi connectivity index (χ3v) is 4.76. The lowest BCUT2D eigenvalue weighted by Gasteiger charge is -2.09. The number of hydrogen-bond donors (Lipinski definition) is 1. The standard InChI is InChI=1S/C18H21N3O2S/c1-2-16(11-19-7-1)12-21-23-9-8-22-17-5-3-15(4-6-17)10-18-13-20-14-24-18/h1-7,11-12,18,20H,8-10,13-14H2. The van der Waals surface area contributed by atoms with Gasteiger partial charge in [0, 0.05) is 35.6 Å². The second-order valence-corrected chi connectivity index (χ2v) is 6.73. The first-order chi connectivity index (χ1) is 11.9. The molecule has 1 aromatic heterocycles. The summed E-state index contributed by atoms with van der Waals surface area (Å²) in [5.41, 5.74) is 2.26. The minimum Gasteiger partial charge on any atom is -0.490 e. The molecule has 1 saturated heterocycles. The van der Waals surface area contributed by atoms with Crippen LogP contribution < -0.4 is 10.1 Å². The molecular weight excluding hydrogens is 322 g/mol. The fraction of sp³-hybridized carbons (Fsp3) is 0.333. The minimum atomic E-state index is 0.406. The summed E-state index contributed by atoms with van der Waals surface area (Å²) in [6.07, 6.45) is 6.19. The maximum atomic E-state index is 5.65. The minimum absolute atomic E-state index is 0.406. The number of nitrogens with one attached hydrogen (secondary N) is 1. The summed E-state index contributed by atoms with van der Waals surface area (Å²) in [5, 5.41) is 7.94. The molecule has 0 amide bonds. The number of nitrogens with zero attached hydrogens (tertiary/aromatic N) is 2. The Bertz CT molecular complexity index is 628. The number of hydrogen-bond acceptors (Lipinski definition) is 6. The molecule has 6 heteroatoms. The summed E-state index contributed by atoms with van der Waals surface area (Å²) in [4.78, 5) is 9.18. The van der Waals surface area contributed by atoms with E-state index in [1.54, 1.807) is 18.6 Å². The van der Waals surface area contributed by atoms with Crippen molar-refractivity contribution >= 4 is 18.0 Å². The molecule has 1 aliphatic rings. The number of ether oxygens (including phenoxy) is 1. The van der Waals surface area contributed by atoms with Crippen LogP contribution in [0.3, 0.4) is 0 Å². The SMILES string of the molecule is C(=NOCCOc1ccc(CC2CNCS2)cc1)c1cccnc1. The Balaban J connectivity index is 1.33. The molecule has 3 rings (SSSR count). The highest BCUT2D eigenvalue weighted by molar-refractivity contribution is 8.00. The smallest absolute Gasteiger partial charge is 0.151 e. The average Bonchev–Trinajstić information content (AvgIpc) is 3.13. The molecule has 0 radical (unpaired) electrons. The molecule has 1 unspecified atom stereocenters. The molecule has 24 heavy (non-hydrogen) atoms. The van der Waals surface area contributed by atoms with Crippen molar-refractivity contribution in [3.63, 3.8) is 0 Å². The van der Waals surface area contributed by atoms with E-state index in [-0.39, 0.29) is 0 Å². The molecular formula is C18H21N3O2S. The van der Waals surface area contributed by atoms with Crippen LogP contribution in [0.1, 0.15) is 11.1 Å². The van der Waals surface area contributed by atoms with Crippen LogP contribution in [0.15, 0.2) is 53.9 Å². The topological polar surface area (TPSA) is 55.7 Å². The molecule has 1 atom stereocenters. The van der Waals surface area contributed by atoms with Gasteiger partial charge in [0.05, 0.1) is 6.21 Å². The quantitative estimate of drug-likeness (QED) is 0.454. The van der Waals surface area contributed by atoms with Gasteiger partial charge in [-0.1, -0.05) is 23.4 Å². The van der Waals surface area contributed by atoms with E-state index in [0.717, 1.165) is 30.2 Å². The first kappa shape index (κ1) is 16.8. The van der Waals surface area contributed by atoms with Gasteiger partial charge >= 0.3 is 0 Å². The molecule has 0 saturated carbocycles. The van der Waals surface area contributed by atoms with Crippen LogP contribution in [-0.2, 0) is 11.3 Å². The van der Waals surface area contributed by atoms with Gasteiger partial charge in [0.25, 0.3) is 0 Å². The van der Waals surface area contributed by atoms with Gasteiger partial charge in [0.1, 0.15) is 12.4 Å². The van der Waals surface area contributed by atoms with E-state index in [1.807, 2.05) is 36.0 Å². The highest BCUT2D eigenvalue weighted by Gasteiger charge is 2.15. The summed E-state index contributed by atoms with van der Waals surface area (Å²) in [6, 6.07) is 12.1. The Labute approximate surface area is 146 Å². The second-order valence-electron chi connectivity index (χ2n) is 5.44. The lowest BCUT2D eigenvalue weighted by molar-refractivity contribution is 0.108. The third kappa shape index (κ3) is 5.54. The highest BCUT2D eigenvalue weighted by atomic mass is 32.2. The van der Waals surface area contributed by atoms with E-state index >= 15 is 0 Å². The van der Waals surface area contributed by atoms with Crippen LogP contribution in [-0.4, -0.2) is 42.1 Å². The van der Waals surface area contributed by atoms with Crippen LogP contribution in [0.25, 0.3) is 0 Å². The Morgan fingerprint density at radius 1 is 1.25 bits per heavy atom. The summed E-state index contributed by atoms with van der Waals surface area (Å²) in [7, 11) is 0. The summed E-state index contributed by atoms with van der Waals surface area (Å²) in [5.74, 6) is 1.92. The molecule has 2 heterocycles. The van der Waals surface area contributed by atoms with Gasteiger partial charge in [-0.25, -0.2) is 0 Å². The van der Waals surface area contributed by atoms with E-state index in [4.69, 9.17) is 9.57 Å². The summed E-state index contributed by atoms with van der Waals surface area (Å²) < 4.78 is 5.65. The Hall–Kier alpha value is -2.05. The van der Waals surface area contributed by atoms with Crippen molar-refractivity contribution in [2.24, 2.45) is 5.16 Å². The Kier molecular flexibility index (Phi) is 6.51. The normalized spacial score (nSPS) is 17.2. The number of benzene rings is 1. The van der Waals surface area contributed by atoms with E-state index < -0.39 is 0 Å². The molecule has 1 aromatic carbocycles. The molecule has 1 N–H and O–H groups in total. The molecule has 126 valence electrons. The molecule has 0 bridgehead atoms. The van der Waals surface area contributed by atoms with Gasteiger partial charge in [-0.3, -0.25) is 4.98 Å². The molecule has 0 aliphatic carbocycles. The van der Waals surface area contributed by atoms with E-state index in [9.17, 15) is 0 Å². The maximum absolute atomic E-state index is 5.65. The number of rotatable bonds is 8. The molecule has 2 aromatic rings. The van der Waals surface area contributed by atoms with Crippen LogP contribution >= 0.6 is 11.8 Å². The predicted molar refractivity (Wildman–Crippen MR) is 97.7 cm³/mol. The lowest BCUT2D eigenvalue weighted by atomic mass is 10.1. The lowest BCUT2D eigenvalue weighted by Crippen LogP contribution is -2.14. The van der Waals surface area contributed by atoms with Crippen molar-refractivity contribution in [2.75, 3.05) is 25.6 Å². The zero-order valence-electron chi connectivity index (χ0n) is 13.4. The maximum Gasteiger partial charge on any atom is 0.151 e. The van der Waals surface area contributed by atoms with E-state index in [2.05, 4.69) is 27.6 Å². The Morgan fingerprint density at radius 2 is 2.17 bits per heavy atom. The van der Waals surface area contributed by atoms with E-state index in [1.165, 1.54) is 5.56 Å². The third-order valence-electron chi connectivity index (χ3n) is 3.58. The fourth-order valence-electron chi connectivity index (χ4n) is 2.37. The van der Waals surface area contributed by atoms with E-state index in [0.29, 0.717) is 18.5 Å². The summed E-state index contributed by atoms with van der Waals surface area (Å²) >= 11 is 1.99. The van der Waals surface area contributed by atoms with Crippen LogP contribution in [0.2, 0.25) is 0 Å². The molecule has 5 nitrogen and oxygen atoms in total. The first-order valence-electron chi connectivity index (χ1n) is 7.99. The monoisotopic (exact) mass is 343 g/mol. The van der Waals surface area contributed by atoms with Gasteiger partial charge < -0.3 is 14.9 Å². The highest BCUT2D eigenvalue weighted by Crippen LogP contribution is 2.21. The fourth-order valence-corrected chi connectivity index (χ4v) is 3.39. The second kappa shape index (κ2) is 9.30. The van der Waals surface area contributed by atoms with Crippen molar-refractivity contribution in [1.82, 2.24) is 10.3 Å².